The summed E-state index contributed by atoms with van der Waals surface area (Å²) in [5.74, 6) is 1.39. The molecule has 1 N–H and O–H groups in total. The molecule has 0 aliphatic heterocycles. The number of nitrogens with zero attached hydrogens (tertiary/aromatic N) is 2. The Hall–Kier alpha value is -3.67. The molecule has 4 aromatic rings. The summed E-state index contributed by atoms with van der Waals surface area (Å²) in [5, 5.41) is 2.83. The second-order valence-corrected chi connectivity index (χ2v) is 7.00. The molecule has 29 heavy (non-hydrogen) atoms. The van der Waals surface area contributed by atoms with Crippen molar-refractivity contribution in [2.45, 2.75) is 19.8 Å². The average molecular weight is 387 g/mol. The number of fused-ring (bicyclic) bond motifs is 1. The predicted molar refractivity (Wildman–Crippen MR) is 112 cm³/mol. The number of nitrogens with one attached hydrogen (secondary N) is 1. The molecule has 0 bridgehead atoms. The Morgan fingerprint density at radius 2 is 1.83 bits per heavy atom. The number of ether oxygens (including phenoxy) is 1. The lowest BCUT2D eigenvalue weighted by Gasteiger charge is -2.09. The van der Waals surface area contributed by atoms with Crippen LogP contribution in [-0.2, 0) is 4.79 Å². The number of amides is 1. The van der Waals surface area contributed by atoms with Crippen LogP contribution in [0.3, 0.4) is 0 Å². The Morgan fingerprint density at radius 3 is 2.55 bits per heavy atom. The van der Waals surface area contributed by atoms with E-state index in [-0.39, 0.29) is 12.5 Å². The number of oxazole rings is 1. The number of carbonyl (C=O) groups excluding carboxylic acids is 1. The zero-order chi connectivity index (χ0) is 20.2. The topological polar surface area (TPSA) is 77.2 Å². The second kappa shape index (κ2) is 8.14. The third-order valence-corrected chi connectivity index (χ3v) is 4.52. The summed E-state index contributed by atoms with van der Waals surface area (Å²) >= 11 is 0. The molecular weight excluding hydrogens is 366 g/mol. The van der Waals surface area contributed by atoms with E-state index in [9.17, 15) is 4.79 Å². The van der Waals surface area contributed by atoms with Crippen molar-refractivity contribution in [2.75, 3.05) is 11.9 Å². The van der Waals surface area contributed by atoms with Crippen LogP contribution in [0.4, 0.5) is 5.69 Å². The van der Waals surface area contributed by atoms with E-state index in [2.05, 4.69) is 29.1 Å². The third-order valence-electron chi connectivity index (χ3n) is 4.52. The van der Waals surface area contributed by atoms with E-state index in [4.69, 9.17) is 9.15 Å². The first kappa shape index (κ1) is 18.7. The molecule has 0 aliphatic rings. The highest BCUT2D eigenvalue weighted by Crippen LogP contribution is 2.26. The van der Waals surface area contributed by atoms with Crippen molar-refractivity contribution in [2.24, 2.45) is 0 Å². The van der Waals surface area contributed by atoms with Crippen molar-refractivity contribution in [3.63, 3.8) is 0 Å². The van der Waals surface area contributed by atoms with Gasteiger partial charge in [0.15, 0.2) is 12.2 Å². The van der Waals surface area contributed by atoms with Gasteiger partial charge in [0.2, 0.25) is 5.89 Å². The highest BCUT2D eigenvalue weighted by molar-refractivity contribution is 5.94. The zero-order valence-electron chi connectivity index (χ0n) is 16.3. The van der Waals surface area contributed by atoms with Gasteiger partial charge in [-0.05, 0) is 53.9 Å². The molecule has 0 unspecified atom stereocenters. The maximum Gasteiger partial charge on any atom is 0.262 e. The molecule has 6 nitrogen and oxygen atoms in total. The summed E-state index contributed by atoms with van der Waals surface area (Å²) in [7, 11) is 0. The number of aromatic nitrogens is 2. The molecule has 0 atom stereocenters. The minimum atomic E-state index is -0.241. The van der Waals surface area contributed by atoms with Crippen LogP contribution in [0.1, 0.15) is 25.3 Å². The van der Waals surface area contributed by atoms with Gasteiger partial charge in [-0.2, -0.15) is 0 Å². The summed E-state index contributed by atoms with van der Waals surface area (Å²) in [6, 6.07) is 16.8. The Labute approximate surface area is 168 Å². The highest BCUT2D eigenvalue weighted by atomic mass is 16.5. The molecule has 0 fully saturated rings. The highest BCUT2D eigenvalue weighted by Gasteiger charge is 2.10. The smallest absolute Gasteiger partial charge is 0.262 e. The predicted octanol–water partition coefficient (Wildman–Crippen LogP) is 5.03. The van der Waals surface area contributed by atoms with Gasteiger partial charge in [-0.25, -0.2) is 4.98 Å². The van der Waals surface area contributed by atoms with Crippen LogP contribution < -0.4 is 10.1 Å². The van der Waals surface area contributed by atoms with Crippen molar-refractivity contribution in [1.29, 1.82) is 0 Å². The van der Waals surface area contributed by atoms with Crippen LogP contribution in [0.5, 0.6) is 5.75 Å². The lowest BCUT2D eigenvalue weighted by atomic mass is 10.0. The molecule has 0 saturated carbocycles. The lowest BCUT2D eigenvalue weighted by Crippen LogP contribution is -2.20. The maximum atomic E-state index is 12.2. The van der Waals surface area contributed by atoms with Crippen LogP contribution in [0.2, 0.25) is 0 Å². The van der Waals surface area contributed by atoms with Gasteiger partial charge >= 0.3 is 0 Å². The van der Waals surface area contributed by atoms with E-state index in [1.165, 1.54) is 5.56 Å². The first-order chi connectivity index (χ1) is 14.1. The summed E-state index contributed by atoms with van der Waals surface area (Å²) in [4.78, 5) is 20.7. The fraction of sp³-hybridized carbons (Fsp3) is 0.174. The quantitative estimate of drug-likeness (QED) is 0.502. The number of benzene rings is 2. The van der Waals surface area contributed by atoms with E-state index in [0.29, 0.717) is 34.3 Å². The average Bonchev–Trinajstić information content (AvgIpc) is 3.17. The van der Waals surface area contributed by atoms with Crippen molar-refractivity contribution < 1.29 is 13.9 Å². The summed E-state index contributed by atoms with van der Waals surface area (Å²) in [5.41, 5.74) is 4.03. The lowest BCUT2D eigenvalue weighted by molar-refractivity contribution is -0.118. The van der Waals surface area contributed by atoms with Crippen LogP contribution in [0.15, 0.2) is 71.4 Å². The summed E-state index contributed by atoms with van der Waals surface area (Å²) in [6.45, 7) is 4.20. The maximum absolute atomic E-state index is 12.2. The minimum Gasteiger partial charge on any atom is -0.484 e. The first-order valence-electron chi connectivity index (χ1n) is 9.42. The van der Waals surface area contributed by atoms with E-state index in [0.717, 1.165) is 5.56 Å². The second-order valence-electron chi connectivity index (χ2n) is 7.00. The van der Waals surface area contributed by atoms with Crippen LogP contribution in [0.25, 0.3) is 22.6 Å². The Kier molecular flexibility index (Phi) is 5.24. The van der Waals surface area contributed by atoms with Crippen molar-refractivity contribution in [3.05, 3.63) is 72.6 Å². The van der Waals surface area contributed by atoms with Crippen LogP contribution in [-0.4, -0.2) is 22.5 Å². The number of anilines is 1. The fourth-order valence-corrected chi connectivity index (χ4v) is 2.92. The number of hydrogen-bond acceptors (Lipinski definition) is 5. The molecule has 2 aromatic carbocycles. The number of rotatable bonds is 6. The largest absolute Gasteiger partial charge is 0.484 e. The van der Waals surface area contributed by atoms with Gasteiger partial charge in [0.25, 0.3) is 5.91 Å². The zero-order valence-corrected chi connectivity index (χ0v) is 16.3. The normalized spacial score (nSPS) is 11.0. The Bertz CT molecular complexity index is 1120. The Balaban J connectivity index is 1.40. The van der Waals surface area contributed by atoms with E-state index in [1.54, 1.807) is 30.6 Å². The van der Waals surface area contributed by atoms with Gasteiger partial charge < -0.3 is 14.5 Å². The van der Waals surface area contributed by atoms with Crippen molar-refractivity contribution in [1.82, 2.24) is 9.97 Å². The van der Waals surface area contributed by atoms with Gasteiger partial charge in [-0.15, -0.1) is 0 Å². The minimum absolute atomic E-state index is 0.0693. The molecule has 6 heteroatoms. The van der Waals surface area contributed by atoms with Crippen LogP contribution in [0, 0.1) is 0 Å². The molecular formula is C23H21N3O3. The van der Waals surface area contributed by atoms with E-state index < -0.39 is 0 Å². The van der Waals surface area contributed by atoms with Gasteiger partial charge in [-0.3, -0.25) is 9.78 Å². The molecule has 146 valence electrons. The van der Waals surface area contributed by atoms with Gasteiger partial charge in [0, 0.05) is 23.6 Å². The molecule has 1 amide bonds. The van der Waals surface area contributed by atoms with Crippen LogP contribution >= 0.6 is 0 Å². The SMILES string of the molecule is CC(C)c1ccc(OCC(=O)Nc2ccc3oc(-c4ccncc4)nc3c2)cc1. The third kappa shape index (κ3) is 4.43. The van der Waals surface area contributed by atoms with Gasteiger partial charge in [0.05, 0.1) is 0 Å². The standard InChI is InChI=1S/C23H21N3O3/c1-15(2)16-3-6-19(7-4-16)28-14-22(27)25-18-5-8-21-20(13-18)26-23(29-21)17-9-11-24-12-10-17/h3-13,15H,14H2,1-2H3,(H,25,27). The molecule has 0 aliphatic carbocycles. The van der Waals surface area contributed by atoms with Gasteiger partial charge in [0.1, 0.15) is 11.3 Å². The Morgan fingerprint density at radius 1 is 1.07 bits per heavy atom. The first-order valence-corrected chi connectivity index (χ1v) is 9.42. The number of pyridine rings is 1. The van der Waals surface area contributed by atoms with E-state index in [1.807, 2.05) is 36.4 Å². The van der Waals surface area contributed by atoms with E-state index >= 15 is 0 Å². The van der Waals surface area contributed by atoms with Crippen molar-refractivity contribution in [3.8, 4) is 17.2 Å². The molecule has 0 spiro atoms. The molecule has 4 rings (SSSR count). The molecule has 2 aromatic heterocycles. The van der Waals surface area contributed by atoms with Crippen molar-refractivity contribution >= 4 is 22.7 Å². The molecule has 0 radical (unpaired) electrons. The fourth-order valence-electron chi connectivity index (χ4n) is 2.92. The summed E-state index contributed by atoms with van der Waals surface area (Å²) < 4.78 is 11.3. The number of hydrogen-bond donors (Lipinski definition) is 1. The molecule has 2 heterocycles. The van der Waals surface area contributed by atoms with Gasteiger partial charge in [-0.1, -0.05) is 26.0 Å². The monoisotopic (exact) mass is 387 g/mol. The number of carbonyl (C=O) groups is 1. The molecule has 0 saturated heterocycles. The summed E-state index contributed by atoms with van der Waals surface area (Å²) in [6.07, 6.45) is 3.37.